The number of anilines is 1. The summed E-state index contributed by atoms with van der Waals surface area (Å²) in [4.78, 5) is 58.6. The van der Waals surface area contributed by atoms with Crippen LogP contribution in [0.4, 0.5) is 17.1 Å². The Labute approximate surface area is 237 Å². The van der Waals surface area contributed by atoms with Crippen LogP contribution in [0.1, 0.15) is 42.2 Å². The Balaban J connectivity index is 1.44. The number of para-hydroxylation sites is 1. The van der Waals surface area contributed by atoms with Gasteiger partial charge in [-0.15, -0.1) is 0 Å². The first-order valence-electron chi connectivity index (χ1n) is 12.2. The van der Waals surface area contributed by atoms with Crippen LogP contribution in [0.15, 0.2) is 96.1 Å². The molecule has 42 heavy (non-hydrogen) atoms. The Bertz CT molecular complexity index is 1700. The van der Waals surface area contributed by atoms with Gasteiger partial charge in [0.1, 0.15) is 0 Å². The van der Waals surface area contributed by atoms with Crippen molar-refractivity contribution in [3.8, 4) is 5.75 Å². The summed E-state index contributed by atoms with van der Waals surface area (Å²) in [5, 5.41) is 29.0. The van der Waals surface area contributed by atoms with Crippen molar-refractivity contribution >= 4 is 41.1 Å². The van der Waals surface area contributed by atoms with Gasteiger partial charge in [0, 0.05) is 40.6 Å². The lowest BCUT2D eigenvalue weighted by molar-refractivity contribution is -0.385. The Hall–Kier alpha value is -6.24. The quantitative estimate of drug-likeness (QED) is 0.0925. The van der Waals surface area contributed by atoms with E-state index in [1.807, 2.05) is 19.1 Å². The number of carbonyl (C=O) groups is 3. The van der Waals surface area contributed by atoms with E-state index >= 15 is 0 Å². The van der Waals surface area contributed by atoms with Crippen molar-refractivity contribution in [2.45, 2.75) is 6.92 Å². The van der Waals surface area contributed by atoms with Gasteiger partial charge in [0.05, 0.1) is 21.6 Å². The highest BCUT2D eigenvalue weighted by atomic mass is 16.6. The largest absolute Gasteiger partial charge is 0.415 e. The molecule has 2 amide bonds. The molecule has 4 aromatic rings. The Kier molecular flexibility index (Phi) is 8.73. The molecule has 0 saturated carbocycles. The zero-order chi connectivity index (χ0) is 30.2. The molecule has 0 saturated heterocycles. The van der Waals surface area contributed by atoms with Crippen LogP contribution in [-0.4, -0.2) is 33.8 Å². The van der Waals surface area contributed by atoms with E-state index in [9.17, 15) is 34.6 Å². The Morgan fingerprint density at radius 2 is 1.36 bits per heavy atom. The van der Waals surface area contributed by atoms with Crippen molar-refractivity contribution < 1.29 is 29.0 Å². The van der Waals surface area contributed by atoms with Gasteiger partial charge in [-0.25, -0.2) is 10.2 Å². The molecule has 4 aromatic carbocycles. The van der Waals surface area contributed by atoms with Crippen molar-refractivity contribution in [1.82, 2.24) is 5.43 Å². The molecule has 13 heteroatoms. The number of aryl methyl sites for hydroxylation is 1. The Morgan fingerprint density at radius 1 is 0.762 bits per heavy atom. The summed E-state index contributed by atoms with van der Waals surface area (Å²) in [7, 11) is 0. The molecule has 4 rings (SSSR count). The third-order valence-corrected chi connectivity index (χ3v) is 5.82. The van der Waals surface area contributed by atoms with Crippen LogP contribution in [0.25, 0.3) is 0 Å². The second-order valence-electron chi connectivity index (χ2n) is 8.74. The molecular weight excluding hydrogens is 546 g/mol. The third-order valence-electron chi connectivity index (χ3n) is 5.82. The summed E-state index contributed by atoms with van der Waals surface area (Å²) in [6, 6.07) is 21.4. The summed E-state index contributed by atoms with van der Waals surface area (Å²) >= 11 is 0. The second-order valence-corrected chi connectivity index (χ2v) is 8.74. The lowest BCUT2D eigenvalue weighted by Gasteiger charge is -2.08. The molecule has 2 N–H and O–H groups in total. The molecule has 0 aromatic heterocycles. The monoisotopic (exact) mass is 567 g/mol. The zero-order valence-electron chi connectivity index (χ0n) is 21.8. The van der Waals surface area contributed by atoms with E-state index in [0.717, 1.165) is 42.1 Å². The number of nitro benzene ring substituents is 2. The number of nitro groups is 2. The van der Waals surface area contributed by atoms with Gasteiger partial charge in [0.15, 0.2) is 0 Å². The van der Waals surface area contributed by atoms with Crippen LogP contribution < -0.4 is 15.5 Å². The number of amides is 2. The molecule has 0 aliphatic carbocycles. The van der Waals surface area contributed by atoms with Crippen LogP contribution >= 0.6 is 0 Å². The average molecular weight is 568 g/mol. The van der Waals surface area contributed by atoms with E-state index in [2.05, 4.69) is 15.8 Å². The molecule has 210 valence electrons. The maximum Gasteiger partial charge on any atom is 0.343 e. The van der Waals surface area contributed by atoms with Crippen molar-refractivity contribution in [2.75, 3.05) is 5.32 Å². The molecule has 0 radical (unpaired) electrons. The number of rotatable bonds is 9. The molecule has 0 aliphatic rings. The first-order valence-corrected chi connectivity index (χ1v) is 12.2. The van der Waals surface area contributed by atoms with Crippen molar-refractivity contribution in [3.63, 3.8) is 0 Å². The van der Waals surface area contributed by atoms with Gasteiger partial charge >= 0.3 is 11.7 Å². The zero-order valence-corrected chi connectivity index (χ0v) is 21.8. The number of hydrazone groups is 1. The Morgan fingerprint density at radius 3 is 1.98 bits per heavy atom. The van der Waals surface area contributed by atoms with Gasteiger partial charge in [0.25, 0.3) is 17.5 Å². The first kappa shape index (κ1) is 28.8. The summed E-state index contributed by atoms with van der Waals surface area (Å²) in [6.45, 7) is 1.91. The maximum absolute atomic E-state index is 12.6. The van der Waals surface area contributed by atoms with E-state index < -0.39 is 33.2 Å². The standard InChI is InChI=1S/C29H21N5O8/c1-18-5-7-19(8-6-18)27(35)31-23-13-9-20(10-14-23)28(36)32-30-17-22-3-2-4-25(34(40)41)26(22)42-29(37)21-11-15-24(16-12-21)33(38)39/h2-17H,1H3,(H,31,35)(H,32,36)/b30-17+. The van der Waals surface area contributed by atoms with E-state index in [1.165, 1.54) is 24.3 Å². The lowest BCUT2D eigenvalue weighted by atomic mass is 10.1. The van der Waals surface area contributed by atoms with Crippen molar-refractivity contribution in [2.24, 2.45) is 5.10 Å². The highest BCUT2D eigenvalue weighted by Crippen LogP contribution is 2.31. The molecule has 0 atom stereocenters. The van der Waals surface area contributed by atoms with E-state index in [1.54, 1.807) is 24.3 Å². The fourth-order valence-electron chi connectivity index (χ4n) is 3.61. The van der Waals surface area contributed by atoms with Crippen LogP contribution in [-0.2, 0) is 0 Å². The second kappa shape index (κ2) is 12.7. The number of non-ortho nitro benzene ring substituents is 1. The number of hydrogen-bond acceptors (Lipinski definition) is 9. The number of nitrogens with one attached hydrogen (secondary N) is 2. The van der Waals surface area contributed by atoms with Gasteiger partial charge in [-0.3, -0.25) is 29.8 Å². The van der Waals surface area contributed by atoms with Crippen LogP contribution in [0.3, 0.4) is 0 Å². The number of benzene rings is 4. The number of esters is 1. The van der Waals surface area contributed by atoms with Crippen molar-refractivity contribution in [1.29, 1.82) is 0 Å². The van der Waals surface area contributed by atoms with Gasteiger partial charge in [-0.2, -0.15) is 5.10 Å². The normalized spacial score (nSPS) is 10.6. The summed E-state index contributed by atoms with van der Waals surface area (Å²) in [5.41, 5.74) is 3.62. The van der Waals surface area contributed by atoms with Crippen LogP contribution in [0, 0.1) is 27.2 Å². The maximum atomic E-state index is 12.6. The molecule has 0 unspecified atom stereocenters. The molecule has 0 heterocycles. The fraction of sp³-hybridized carbons (Fsp3) is 0.0345. The number of carbonyl (C=O) groups excluding carboxylic acids is 3. The fourth-order valence-corrected chi connectivity index (χ4v) is 3.61. The smallest absolute Gasteiger partial charge is 0.343 e. The number of nitrogens with zero attached hydrogens (tertiary/aromatic N) is 3. The van der Waals surface area contributed by atoms with Gasteiger partial charge in [-0.1, -0.05) is 23.8 Å². The third kappa shape index (κ3) is 7.04. The molecule has 13 nitrogen and oxygen atoms in total. The predicted molar refractivity (Wildman–Crippen MR) is 152 cm³/mol. The number of ether oxygens (including phenoxy) is 1. The lowest BCUT2D eigenvalue weighted by Crippen LogP contribution is -2.18. The summed E-state index contributed by atoms with van der Waals surface area (Å²) < 4.78 is 5.26. The van der Waals surface area contributed by atoms with E-state index in [-0.39, 0.29) is 28.3 Å². The predicted octanol–water partition coefficient (Wildman–Crippen LogP) is 5.05. The minimum atomic E-state index is -0.993. The topological polar surface area (TPSA) is 183 Å². The van der Waals surface area contributed by atoms with E-state index in [4.69, 9.17) is 4.74 Å². The van der Waals surface area contributed by atoms with Gasteiger partial charge in [-0.05, 0) is 61.5 Å². The highest BCUT2D eigenvalue weighted by Gasteiger charge is 2.22. The minimum Gasteiger partial charge on any atom is -0.415 e. The molecule has 0 bridgehead atoms. The molecule has 0 spiro atoms. The van der Waals surface area contributed by atoms with Crippen LogP contribution in [0.2, 0.25) is 0 Å². The molecular formula is C29H21N5O8. The molecule has 0 fully saturated rings. The first-order chi connectivity index (χ1) is 20.1. The molecule has 0 aliphatic heterocycles. The van der Waals surface area contributed by atoms with E-state index in [0.29, 0.717) is 11.3 Å². The highest BCUT2D eigenvalue weighted by molar-refractivity contribution is 6.04. The average Bonchev–Trinajstić information content (AvgIpc) is 2.98. The number of hydrogen-bond donors (Lipinski definition) is 2. The van der Waals surface area contributed by atoms with Crippen molar-refractivity contribution in [3.05, 3.63) is 139 Å². The van der Waals surface area contributed by atoms with Gasteiger partial charge < -0.3 is 10.1 Å². The summed E-state index contributed by atoms with van der Waals surface area (Å²) in [5.74, 6) is -2.35. The minimum absolute atomic E-state index is 0.00827. The van der Waals surface area contributed by atoms with Crippen LogP contribution in [0.5, 0.6) is 5.75 Å². The summed E-state index contributed by atoms with van der Waals surface area (Å²) in [6.07, 6.45) is 1.07. The van der Waals surface area contributed by atoms with Gasteiger partial charge in [0.2, 0.25) is 5.75 Å². The SMILES string of the molecule is Cc1ccc(C(=O)Nc2ccc(C(=O)N/N=C/c3cccc([N+](=O)[O-])c3OC(=O)c3ccc([N+](=O)[O-])cc3)cc2)cc1.